The van der Waals surface area contributed by atoms with Crippen LogP contribution in [0.3, 0.4) is 0 Å². The molecule has 0 spiro atoms. The van der Waals surface area contributed by atoms with E-state index in [0.29, 0.717) is 12.3 Å². The van der Waals surface area contributed by atoms with Crippen LogP contribution in [0, 0.1) is 11.3 Å². The van der Waals surface area contributed by atoms with Gasteiger partial charge in [0.2, 0.25) is 0 Å². The average molecular weight is 258 g/mol. The zero-order chi connectivity index (χ0) is 13.5. The highest BCUT2D eigenvalue weighted by Crippen LogP contribution is 2.30. The molecule has 19 heavy (non-hydrogen) atoms. The second-order valence-corrected chi connectivity index (χ2v) is 5.03. The summed E-state index contributed by atoms with van der Waals surface area (Å²) < 4.78 is 5.57. The molecule has 1 aliphatic heterocycles. The minimum Gasteiger partial charge on any atom is -0.494 e. The number of hydrogen-bond donors (Lipinski definition) is 0. The molecule has 0 amide bonds. The smallest absolute Gasteiger partial charge is 0.119 e. The fourth-order valence-electron chi connectivity index (χ4n) is 2.72. The molecular weight excluding hydrogens is 236 g/mol. The Balaban J connectivity index is 1.90. The number of nitrogens with zero attached hydrogens (tertiary/aromatic N) is 2. The summed E-state index contributed by atoms with van der Waals surface area (Å²) in [5.41, 5.74) is 1.39. The lowest BCUT2D eigenvalue weighted by molar-refractivity contribution is 0.216. The van der Waals surface area contributed by atoms with Crippen molar-refractivity contribution in [3.63, 3.8) is 0 Å². The zero-order valence-electron chi connectivity index (χ0n) is 11.6. The summed E-state index contributed by atoms with van der Waals surface area (Å²) >= 11 is 0. The molecule has 0 N–H and O–H groups in total. The number of piperidine rings is 1. The molecule has 0 aromatic heterocycles. The third kappa shape index (κ3) is 3.97. The second kappa shape index (κ2) is 7.16. The number of likely N-dealkylation sites (tertiary alicyclic amines) is 1. The van der Waals surface area contributed by atoms with Crippen molar-refractivity contribution in [1.29, 1.82) is 5.26 Å². The molecule has 0 radical (unpaired) electrons. The van der Waals surface area contributed by atoms with Gasteiger partial charge < -0.3 is 9.64 Å². The Morgan fingerprint density at radius 3 is 2.84 bits per heavy atom. The minimum atomic E-state index is 0.638. The fraction of sp³-hybridized carbons (Fsp3) is 0.562. The topological polar surface area (TPSA) is 36.3 Å². The first-order chi connectivity index (χ1) is 9.33. The zero-order valence-corrected chi connectivity index (χ0v) is 11.6. The van der Waals surface area contributed by atoms with Crippen molar-refractivity contribution in [3.8, 4) is 11.8 Å². The van der Waals surface area contributed by atoms with E-state index in [9.17, 15) is 0 Å². The first-order valence-electron chi connectivity index (χ1n) is 7.15. The Morgan fingerprint density at radius 2 is 2.16 bits per heavy atom. The van der Waals surface area contributed by atoms with Crippen LogP contribution in [0.4, 0.5) is 0 Å². The van der Waals surface area contributed by atoms with Crippen LogP contribution in [0.15, 0.2) is 24.3 Å². The van der Waals surface area contributed by atoms with Gasteiger partial charge in [-0.1, -0.05) is 12.1 Å². The van der Waals surface area contributed by atoms with Gasteiger partial charge in [0, 0.05) is 13.0 Å². The number of nitriles is 1. The van der Waals surface area contributed by atoms with Crippen molar-refractivity contribution in [2.45, 2.75) is 32.1 Å². The molecule has 3 nitrogen and oxygen atoms in total. The molecule has 1 fully saturated rings. The van der Waals surface area contributed by atoms with Gasteiger partial charge in [-0.05, 0) is 56.5 Å². The van der Waals surface area contributed by atoms with Gasteiger partial charge in [0.05, 0.1) is 12.7 Å². The molecule has 0 bridgehead atoms. The third-order valence-corrected chi connectivity index (χ3v) is 3.77. The number of ether oxygens (including phenoxy) is 1. The standard InChI is InChI=1S/C16H22N2O/c1-2-19-16-6-3-5-15(13-16)14-7-11-18(12-8-14)10-4-9-17/h3,5-6,13-14H,2,4,7-8,10-12H2,1H3. The molecule has 1 aromatic rings. The van der Waals surface area contributed by atoms with Crippen molar-refractivity contribution in [1.82, 2.24) is 4.90 Å². The molecule has 1 saturated heterocycles. The summed E-state index contributed by atoms with van der Waals surface area (Å²) in [6.07, 6.45) is 3.01. The van der Waals surface area contributed by atoms with Crippen LogP contribution in [0.2, 0.25) is 0 Å². The lowest BCUT2D eigenvalue weighted by Gasteiger charge is -2.31. The van der Waals surface area contributed by atoms with Gasteiger partial charge in [-0.15, -0.1) is 0 Å². The Morgan fingerprint density at radius 1 is 1.37 bits per heavy atom. The van der Waals surface area contributed by atoms with E-state index >= 15 is 0 Å². The van der Waals surface area contributed by atoms with Crippen molar-refractivity contribution in [2.75, 3.05) is 26.2 Å². The molecule has 1 aliphatic rings. The van der Waals surface area contributed by atoms with E-state index < -0.39 is 0 Å². The van der Waals surface area contributed by atoms with Gasteiger partial charge >= 0.3 is 0 Å². The monoisotopic (exact) mass is 258 g/mol. The molecule has 1 aromatic carbocycles. The second-order valence-electron chi connectivity index (χ2n) is 5.03. The summed E-state index contributed by atoms with van der Waals surface area (Å²) in [4.78, 5) is 2.39. The number of benzene rings is 1. The summed E-state index contributed by atoms with van der Waals surface area (Å²) in [6, 6.07) is 10.7. The summed E-state index contributed by atoms with van der Waals surface area (Å²) in [5, 5.41) is 8.62. The van der Waals surface area contributed by atoms with Gasteiger partial charge in [-0.2, -0.15) is 5.26 Å². The maximum atomic E-state index is 8.62. The van der Waals surface area contributed by atoms with Crippen LogP contribution >= 0.6 is 0 Å². The summed E-state index contributed by atoms with van der Waals surface area (Å²) in [5.74, 6) is 1.62. The maximum absolute atomic E-state index is 8.62. The quantitative estimate of drug-likeness (QED) is 0.814. The molecule has 0 aliphatic carbocycles. The number of hydrogen-bond acceptors (Lipinski definition) is 3. The highest BCUT2D eigenvalue weighted by atomic mass is 16.5. The van der Waals surface area contributed by atoms with E-state index in [1.54, 1.807) is 0 Å². The van der Waals surface area contributed by atoms with Gasteiger partial charge in [-0.3, -0.25) is 0 Å². The Hall–Kier alpha value is -1.53. The SMILES string of the molecule is CCOc1cccc(C2CCN(CCC#N)CC2)c1. The van der Waals surface area contributed by atoms with Crippen LogP contribution in [0.25, 0.3) is 0 Å². The highest BCUT2D eigenvalue weighted by Gasteiger charge is 2.20. The molecule has 3 heteroatoms. The number of rotatable bonds is 5. The van der Waals surface area contributed by atoms with E-state index in [2.05, 4.69) is 29.2 Å². The average Bonchev–Trinajstić information content (AvgIpc) is 2.46. The molecule has 0 saturated carbocycles. The summed E-state index contributed by atoms with van der Waals surface area (Å²) in [7, 11) is 0. The van der Waals surface area contributed by atoms with E-state index in [-0.39, 0.29) is 0 Å². The van der Waals surface area contributed by atoms with Gasteiger partial charge in [0.15, 0.2) is 0 Å². The first kappa shape index (κ1) is 13.9. The van der Waals surface area contributed by atoms with Crippen LogP contribution in [-0.4, -0.2) is 31.1 Å². The minimum absolute atomic E-state index is 0.638. The predicted molar refractivity (Wildman–Crippen MR) is 76.3 cm³/mol. The first-order valence-corrected chi connectivity index (χ1v) is 7.15. The van der Waals surface area contributed by atoms with Gasteiger partial charge in [0.25, 0.3) is 0 Å². The lowest BCUT2D eigenvalue weighted by atomic mass is 9.89. The van der Waals surface area contributed by atoms with Crippen molar-refractivity contribution in [2.24, 2.45) is 0 Å². The fourth-order valence-corrected chi connectivity index (χ4v) is 2.72. The normalized spacial score (nSPS) is 17.1. The van der Waals surface area contributed by atoms with Gasteiger partial charge in [-0.25, -0.2) is 0 Å². The Labute approximate surface area is 115 Å². The largest absolute Gasteiger partial charge is 0.494 e. The van der Waals surface area contributed by atoms with E-state index in [1.165, 1.54) is 18.4 Å². The Kier molecular flexibility index (Phi) is 5.23. The van der Waals surface area contributed by atoms with Crippen LogP contribution in [-0.2, 0) is 0 Å². The maximum Gasteiger partial charge on any atom is 0.119 e. The molecular formula is C16H22N2O. The molecule has 0 atom stereocenters. The van der Waals surface area contributed by atoms with Crippen molar-refractivity contribution >= 4 is 0 Å². The third-order valence-electron chi connectivity index (χ3n) is 3.77. The van der Waals surface area contributed by atoms with Crippen LogP contribution < -0.4 is 4.74 Å². The van der Waals surface area contributed by atoms with Crippen LogP contribution in [0.5, 0.6) is 5.75 Å². The summed E-state index contributed by atoms with van der Waals surface area (Å²) in [6.45, 7) is 5.86. The van der Waals surface area contributed by atoms with Gasteiger partial charge in [0.1, 0.15) is 5.75 Å². The molecule has 102 valence electrons. The van der Waals surface area contributed by atoms with E-state index in [4.69, 9.17) is 10.00 Å². The lowest BCUT2D eigenvalue weighted by Crippen LogP contribution is -2.33. The molecule has 1 heterocycles. The predicted octanol–water partition coefficient (Wildman–Crippen LogP) is 3.18. The van der Waals surface area contributed by atoms with Crippen molar-refractivity contribution in [3.05, 3.63) is 29.8 Å². The van der Waals surface area contributed by atoms with E-state index in [1.807, 2.05) is 13.0 Å². The van der Waals surface area contributed by atoms with Crippen LogP contribution in [0.1, 0.15) is 37.7 Å². The highest BCUT2D eigenvalue weighted by molar-refractivity contribution is 5.31. The Bertz CT molecular complexity index is 431. The molecule has 2 rings (SSSR count). The molecule has 0 unspecified atom stereocenters. The van der Waals surface area contributed by atoms with E-state index in [0.717, 1.165) is 32.0 Å². The van der Waals surface area contributed by atoms with Crippen molar-refractivity contribution < 1.29 is 4.74 Å².